The largest absolute Gasteiger partial charge is 0.330 e. The van der Waals surface area contributed by atoms with Crippen molar-refractivity contribution in [3.63, 3.8) is 0 Å². The summed E-state index contributed by atoms with van der Waals surface area (Å²) in [6, 6.07) is 0. The van der Waals surface area contributed by atoms with Crippen molar-refractivity contribution in [2.24, 2.45) is 5.73 Å². The van der Waals surface area contributed by atoms with Crippen LogP contribution in [0.1, 0.15) is 43.8 Å². The van der Waals surface area contributed by atoms with Crippen LogP contribution in [0.25, 0.3) is 0 Å². The molecule has 0 saturated heterocycles. The van der Waals surface area contributed by atoms with Gasteiger partial charge < -0.3 is 5.73 Å². The number of nitrogens with zero attached hydrogens (tertiary/aromatic N) is 2. The van der Waals surface area contributed by atoms with E-state index in [9.17, 15) is 0 Å². The molecule has 0 spiro atoms. The first-order chi connectivity index (χ1) is 7.88. The van der Waals surface area contributed by atoms with Crippen LogP contribution in [-0.2, 0) is 12.2 Å². The van der Waals surface area contributed by atoms with Gasteiger partial charge in [-0.25, -0.2) is 4.98 Å². The molecule has 4 nitrogen and oxygen atoms in total. The summed E-state index contributed by atoms with van der Waals surface area (Å²) in [6.07, 6.45) is 7.40. The Bertz CT molecular complexity index is 307. The Kier molecular flexibility index (Phi) is 4.66. The maximum atomic E-state index is 5.45. The predicted octanol–water partition coefficient (Wildman–Crippen LogP) is 1.87. The number of H-pyrrole nitrogens is 1. The van der Waals surface area contributed by atoms with Crippen LogP contribution in [0.3, 0.4) is 0 Å². The molecule has 0 amide bonds. The van der Waals surface area contributed by atoms with Crippen molar-refractivity contribution in [2.45, 2.75) is 49.5 Å². The summed E-state index contributed by atoms with van der Waals surface area (Å²) in [4.78, 5) is 4.47. The Hall–Kier alpha value is -0.550. The van der Waals surface area contributed by atoms with Gasteiger partial charge in [-0.15, -0.1) is 0 Å². The molecule has 0 atom stereocenters. The van der Waals surface area contributed by atoms with Gasteiger partial charge in [-0.2, -0.15) is 16.9 Å². The Labute approximate surface area is 101 Å². The molecule has 1 fully saturated rings. The van der Waals surface area contributed by atoms with Crippen LogP contribution in [-0.4, -0.2) is 27.0 Å². The van der Waals surface area contributed by atoms with E-state index in [0.717, 1.165) is 35.5 Å². The minimum Gasteiger partial charge on any atom is -0.330 e. The van der Waals surface area contributed by atoms with Crippen molar-refractivity contribution in [1.82, 2.24) is 15.2 Å². The second kappa shape index (κ2) is 6.25. The quantitative estimate of drug-likeness (QED) is 0.796. The maximum absolute atomic E-state index is 5.45. The molecule has 0 aliphatic heterocycles. The highest BCUT2D eigenvalue weighted by atomic mass is 32.2. The molecule has 0 unspecified atom stereocenters. The van der Waals surface area contributed by atoms with Gasteiger partial charge in [0.25, 0.3) is 0 Å². The summed E-state index contributed by atoms with van der Waals surface area (Å²) in [7, 11) is 0. The van der Waals surface area contributed by atoms with Gasteiger partial charge in [0, 0.05) is 11.7 Å². The highest BCUT2D eigenvalue weighted by Crippen LogP contribution is 2.30. The Balaban J connectivity index is 1.73. The number of aryl methyl sites for hydroxylation is 1. The molecule has 0 bridgehead atoms. The number of nitrogens with two attached hydrogens (primary N) is 1. The van der Waals surface area contributed by atoms with E-state index in [1.54, 1.807) is 0 Å². The van der Waals surface area contributed by atoms with Crippen LogP contribution in [0.15, 0.2) is 0 Å². The molecule has 16 heavy (non-hydrogen) atoms. The molecule has 2 rings (SSSR count). The van der Waals surface area contributed by atoms with Crippen molar-refractivity contribution in [2.75, 3.05) is 6.54 Å². The summed E-state index contributed by atoms with van der Waals surface area (Å²) in [5.74, 6) is 2.90. The number of aromatic amines is 1. The van der Waals surface area contributed by atoms with Gasteiger partial charge in [0.2, 0.25) is 0 Å². The van der Waals surface area contributed by atoms with Gasteiger partial charge in [0.1, 0.15) is 5.82 Å². The molecule has 1 aliphatic carbocycles. The molecular formula is C11H20N4S. The Morgan fingerprint density at radius 1 is 1.38 bits per heavy atom. The minimum atomic E-state index is 0.709. The van der Waals surface area contributed by atoms with Crippen LogP contribution in [0.2, 0.25) is 0 Å². The van der Waals surface area contributed by atoms with Gasteiger partial charge in [-0.05, 0) is 25.8 Å². The molecule has 1 heterocycles. The van der Waals surface area contributed by atoms with Crippen molar-refractivity contribution < 1.29 is 0 Å². The van der Waals surface area contributed by atoms with E-state index in [4.69, 9.17) is 5.73 Å². The topological polar surface area (TPSA) is 67.6 Å². The normalized spacial score (nSPS) is 17.1. The smallest absolute Gasteiger partial charge is 0.150 e. The minimum absolute atomic E-state index is 0.709. The molecular weight excluding hydrogens is 220 g/mol. The van der Waals surface area contributed by atoms with E-state index in [2.05, 4.69) is 15.2 Å². The summed E-state index contributed by atoms with van der Waals surface area (Å²) < 4.78 is 0. The van der Waals surface area contributed by atoms with Crippen molar-refractivity contribution in [3.05, 3.63) is 11.6 Å². The van der Waals surface area contributed by atoms with Gasteiger partial charge >= 0.3 is 0 Å². The zero-order chi connectivity index (χ0) is 11.2. The second-order valence-electron chi connectivity index (χ2n) is 4.31. The first-order valence-corrected chi connectivity index (χ1v) is 7.15. The lowest BCUT2D eigenvalue weighted by atomic mass is 10.3. The molecule has 1 saturated carbocycles. The Morgan fingerprint density at radius 2 is 2.19 bits per heavy atom. The molecule has 1 aromatic heterocycles. The highest BCUT2D eigenvalue weighted by molar-refractivity contribution is 7.99. The molecule has 1 aliphatic rings. The summed E-state index contributed by atoms with van der Waals surface area (Å²) in [5, 5.41) is 8.05. The van der Waals surface area contributed by atoms with Gasteiger partial charge in [-0.1, -0.05) is 12.8 Å². The third kappa shape index (κ3) is 3.49. The monoisotopic (exact) mass is 240 g/mol. The number of thioether (sulfide) groups is 1. The van der Waals surface area contributed by atoms with Crippen LogP contribution in [0.4, 0.5) is 0 Å². The molecule has 5 heteroatoms. The molecule has 0 aromatic carbocycles. The number of aromatic nitrogens is 3. The van der Waals surface area contributed by atoms with Crippen LogP contribution in [0, 0.1) is 0 Å². The molecule has 3 N–H and O–H groups in total. The van der Waals surface area contributed by atoms with E-state index in [-0.39, 0.29) is 0 Å². The number of hydrogen-bond acceptors (Lipinski definition) is 4. The zero-order valence-electron chi connectivity index (χ0n) is 9.61. The van der Waals surface area contributed by atoms with E-state index >= 15 is 0 Å². The highest BCUT2D eigenvalue weighted by Gasteiger charge is 2.15. The standard InChI is InChI=1S/C11H20N4S/c12-7-3-6-10-13-11(15-14-10)8-16-9-4-1-2-5-9/h9H,1-8,12H2,(H,13,14,15). The predicted molar refractivity (Wildman–Crippen MR) is 67.3 cm³/mol. The summed E-state index contributed by atoms with van der Waals surface area (Å²) >= 11 is 2.02. The average Bonchev–Trinajstić information content (AvgIpc) is 2.95. The van der Waals surface area contributed by atoms with Crippen LogP contribution in [0.5, 0.6) is 0 Å². The Morgan fingerprint density at radius 3 is 2.94 bits per heavy atom. The second-order valence-corrected chi connectivity index (χ2v) is 5.60. The lowest BCUT2D eigenvalue weighted by Crippen LogP contribution is -2.01. The number of hydrogen-bond donors (Lipinski definition) is 2. The molecule has 0 radical (unpaired) electrons. The first-order valence-electron chi connectivity index (χ1n) is 6.10. The SMILES string of the molecule is NCCCc1n[nH]c(CSC2CCCC2)n1. The van der Waals surface area contributed by atoms with E-state index in [0.29, 0.717) is 6.54 Å². The van der Waals surface area contributed by atoms with Crippen LogP contribution < -0.4 is 5.73 Å². The third-order valence-corrected chi connectivity index (χ3v) is 4.32. The molecule has 1 aromatic rings. The van der Waals surface area contributed by atoms with E-state index < -0.39 is 0 Å². The van der Waals surface area contributed by atoms with Gasteiger partial charge in [0.15, 0.2) is 5.82 Å². The third-order valence-electron chi connectivity index (χ3n) is 2.94. The lowest BCUT2D eigenvalue weighted by Gasteiger charge is -2.05. The fourth-order valence-electron chi connectivity index (χ4n) is 2.02. The lowest BCUT2D eigenvalue weighted by molar-refractivity contribution is 0.785. The zero-order valence-corrected chi connectivity index (χ0v) is 10.4. The fraction of sp³-hybridized carbons (Fsp3) is 0.818. The van der Waals surface area contributed by atoms with Crippen LogP contribution >= 0.6 is 11.8 Å². The maximum Gasteiger partial charge on any atom is 0.150 e. The van der Waals surface area contributed by atoms with E-state index in [1.807, 2.05) is 11.8 Å². The van der Waals surface area contributed by atoms with Crippen molar-refractivity contribution in [3.8, 4) is 0 Å². The summed E-state index contributed by atoms with van der Waals surface area (Å²) in [5.41, 5.74) is 5.45. The fourth-order valence-corrected chi connectivity index (χ4v) is 3.21. The van der Waals surface area contributed by atoms with E-state index in [1.165, 1.54) is 25.7 Å². The molecule has 90 valence electrons. The average molecular weight is 240 g/mol. The van der Waals surface area contributed by atoms with Crippen molar-refractivity contribution >= 4 is 11.8 Å². The first kappa shape index (κ1) is 11.9. The summed E-state index contributed by atoms with van der Waals surface area (Å²) in [6.45, 7) is 0.709. The van der Waals surface area contributed by atoms with Gasteiger partial charge in [0.05, 0.1) is 5.75 Å². The van der Waals surface area contributed by atoms with Gasteiger partial charge in [-0.3, -0.25) is 5.10 Å². The number of rotatable bonds is 6. The number of nitrogens with one attached hydrogen (secondary N) is 1. The van der Waals surface area contributed by atoms with Crippen molar-refractivity contribution in [1.29, 1.82) is 0 Å².